The highest BCUT2D eigenvalue weighted by Crippen LogP contribution is 2.44. The minimum atomic E-state index is 0.635. The van der Waals surface area contributed by atoms with E-state index in [0.29, 0.717) is 5.92 Å². The zero-order valence-electron chi connectivity index (χ0n) is 10.7. The maximum absolute atomic E-state index is 5.25. The molecule has 2 atom stereocenters. The van der Waals surface area contributed by atoms with Gasteiger partial charge in [0.05, 0.1) is 5.69 Å². The topological polar surface area (TPSA) is 26.0 Å². The number of allylic oxidation sites excluding steroid dienone is 4. The Kier molecular flexibility index (Phi) is 2.46. The lowest BCUT2D eigenvalue weighted by Gasteiger charge is -2.22. The number of aryl methyl sites for hydroxylation is 2. The average Bonchev–Trinajstić information content (AvgIpc) is 3.06. The minimum Gasteiger partial charge on any atom is -0.361 e. The molecule has 0 saturated heterocycles. The lowest BCUT2D eigenvalue weighted by atomic mass is 9.82. The molecule has 17 heavy (non-hydrogen) atoms. The quantitative estimate of drug-likeness (QED) is 0.768. The molecule has 0 N–H and O–H groups in total. The van der Waals surface area contributed by atoms with Gasteiger partial charge in [-0.25, -0.2) is 0 Å². The van der Waals surface area contributed by atoms with E-state index in [-0.39, 0.29) is 0 Å². The van der Waals surface area contributed by atoms with Crippen molar-refractivity contribution in [3.05, 3.63) is 35.2 Å². The van der Waals surface area contributed by atoms with Crippen LogP contribution in [0, 0.1) is 31.6 Å². The second-order valence-electron chi connectivity index (χ2n) is 5.45. The van der Waals surface area contributed by atoms with Crippen LogP contribution in [0.1, 0.15) is 36.8 Å². The van der Waals surface area contributed by atoms with Crippen molar-refractivity contribution in [3.63, 3.8) is 0 Å². The van der Waals surface area contributed by atoms with E-state index >= 15 is 0 Å². The van der Waals surface area contributed by atoms with Gasteiger partial charge in [0.25, 0.3) is 0 Å². The Morgan fingerprint density at radius 2 is 2.06 bits per heavy atom. The lowest BCUT2D eigenvalue weighted by Crippen LogP contribution is -2.12. The van der Waals surface area contributed by atoms with Crippen LogP contribution in [0.5, 0.6) is 0 Å². The van der Waals surface area contributed by atoms with Gasteiger partial charge < -0.3 is 4.52 Å². The maximum atomic E-state index is 5.25. The van der Waals surface area contributed by atoms with E-state index in [1.165, 1.54) is 24.0 Å². The van der Waals surface area contributed by atoms with Crippen LogP contribution in [0.2, 0.25) is 0 Å². The molecule has 1 fully saturated rings. The first-order chi connectivity index (χ1) is 8.16. The van der Waals surface area contributed by atoms with Crippen LogP contribution in [-0.2, 0) is 0 Å². The summed E-state index contributed by atoms with van der Waals surface area (Å²) < 4.78 is 5.25. The number of hydrogen-bond donors (Lipinski definition) is 0. The van der Waals surface area contributed by atoms with Crippen molar-refractivity contribution in [2.75, 3.05) is 0 Å². The molecule has 0 bridgehead atoms. The Labute approximate surface area is 102 Å². The SMILES string of the molecule is Cc1noc(C)c1C1=CC(C)C(C2CC2)C=C1. The molecule has 0 radical (unpaired) electrons. The maximum Gasteiger partial charge on any atom is 0.141 e. The summed E-state index contributed by atoms with van der Waals surface area (Å²) in [6.45, 7) is 6.32. The zero-order chi connectivity index (χ0) is 12.0. The van der Waals surface area contributed by atoms with E-state index < -0.39 is 0 Å². The Balaban J connectivity index is 1.91. The third-order valence-corrected chi connectivity index (χ3v) is 4.04. The largest absolute Gasteiger partial charge is 0.361 e. The van der Waals surface area contributed by atoms with E-state index in [9.17, 15) is 0 Å². The van der Waals surface area contributed by atoms with Gasteiger partial charge in [-0.05, 0) is 50.0 Å². The van der Waals surface area contributed by atoms with Crippen molar-refractivity contribution in [2.45, 2.75) is 33.6 Å². The molecule has 0 aliphatic heterocycles. The molecule has 2 nitrogen and oxygen atoms in total. The molecule has 0 aromatic carbocycles. The van der Waals surface area contributed by atoms with Gasteiger partial charge in [-0.2, -0.15) is 0 Å². The standard InChI is InChI=1S/C15H19NO/c1-9-8-13(6-7-14(9)12-4-5-12)15-10(2)16-17-11(15)3/h6-9,12,14H,4-5H2,1-3H3. The van der Waals surface area contributed by atoms with Crippen molar-refractivity contribution in [2.24, 2.45) is 17.8 Å². The first-order valence-electron chi connectivity index (χ1n) is 6.50. The Bertz CT molecular complexity index is 472. The molecule has 1 aromatic heterocycles. The van der Waals surface area contributed by atoms with Gasteiger partial charge in [0.15, 0.2) is 0 Å². The molecule has 2 unspecified atom stereocenters. The van der Waals surface area contributed by atoms with Gasteiger partial charge in [0.2, 0.25) is 0 Å². The summed E-state index contributed by atoms with van der Waals surface area (Å²) >= 11 is 0. The number of aromatic nitrogens is 1. The van der Waals surface area contributed by atoms with Crippen molar-refractivity contribution >= 4 is 5.57 Å². The molecule has 1 saturated carbocycles. The van der Waals surface area contributed by atoms with Crippen LogP contribution in [0.3, 0.4) is 0 Å². The summed E-state index contributed by atoms with van der Waals surface area (Å²) in [7, 11) is 0. The minimum absolute atomic E-state index is 0.635. The Hall–Kier alpha value is -1.31. The van der Waals surface area contributed by atoms with E-state index in [1.807, 2.05) is 13.8 Å². The van der Waals surface area contributed by atoms with Crippen molar-refractivity contribution in [3.8, 4) is 0 Å². The van der Waals surface area contributed by atoms with Crippen LogP contribution in [0.4, 0.5) is 0 Å². The van der Waals surface area contributed by atoms with E-state index in [0.717, 1.165) is 23.3 Å². The first-order valence-corrected chi connectivity index (χ1v) is 6.50. The van der Waals surface area contributed by atoms with Gasteiger partial charge in [-0.15, -0.1) is 0 Å². The summed E-state index contributed by atoms with van der Waals surface area (Å²) in [5, 5.41) is 4.03. The summed E-state index contributed by atoms with van der Waals surface area (Å²) in [6.07, 6.45) is 9.86. The smallest absolute Gasteiger partial charge is 0.141 e. The van der Waals surface area contributed by atoms with Gasteiger partial charge in [-0.1, -0.05) is 30.3 Å². The molecule has 1 aromatic rings. The average molecular weight is 229 g/mol. The molecular formula is C15H19NO. The van der Waals surface area contributed by atoms with E-state index in [1.54, 1.807) is 0 Å². The molecule has 2 aliphatic carbocycles. The summed E-state index contributed by atoms with van der Waals surface area (Å²) in [6, 6.07) is 0. The summed E-state index contributed by atoms with van der Waals surface area (Å²) in [5.74, 6) is 3.25. The Morgan fingerprint density at radius 3 is 2.59 bits per heavy atom. The lowest BCUT2D eigenvalue weighted by molar-refractivity contribution is 0.393. The molecule has 1 heterocycles. The van der Waals surface area contributed by atoms with Crippen LogP contribution < -0.4 is 0 Å². The van der Waals surface area contributed by atoms with Crippen molar-refractivity contribution < 1.29 is 4.52 Å². The highest BCUT2D eigenvalue weighted by atomic mass is 16.5. The van der Waals surface area contributed by atoms with E-state index in [2.05, 4.69) is 30.3 Å². The fraction of sp³-hybridized carbons (Fsp3) is 0.533. The number of nitrogens with zero attached hydrogens (tertiary/aromatic N) is 1. The van der Waals surface area contributed by atoms with Gasteiger partial charge in [0.1, 0.15) is 5.76 Å². The number of rotatable bonds is 2. The van der Waals surface area contributed by atoms with Crippen LogP contribution in [0.15, 0.2) is 22.8 Å². The second kappa shape index (κ2) is 3.86. The highest BCUT2D eigenvalue weighted by Gasteiger charge is 2.34. The molecule has 2 heteroatoms. The third kappa shape index (κ3) is 1.86. The van der Waals surface area contributed by atoms with Gasteiger partial charge >= 0.3 is 0 Å². The van der Waals surface area contributed by atoms with Crippen molar-refractivity contribution in [1.29, 1.82) is 0 Å². The van der Waals surface area contributed by atoms with Gasteiger partial charge in [0, 0.05) is 5.56 Å². The summed E-state index contributed by atoms with van der Waals surface area (Å²) in [5.41, 5.74) is 3.46. The molecule has 3 rings (SSSR count). The number of hydrogen-bond acceptors (Lipinski definition) is 2. The van der Waals surface area contributed by atoms with Crippen LogP contribution in [-0.4, -0.2) is 5.16 Å². The molecule has 0 spiro atoms. The zero-order valence-corrected chi connectivity index (χ0v) is 10.7. The fourth-order valence-corrected chi connectivity index (χ4v) is 2.97. The fourth-order valence-electron chi connectivity index (χ4n) is 2.97. The normalized spacial score (nSPS) is 28.3. The van der Waals surface area contributed by atoms with E-state index in [4.69, 9.17) is 4.52 Å². The molecule has 0 amide bonds. The Morgan fingerprint density at radius 1 is 1.29 bits per heavy atom. The molecule has 2 aliphatic rings. The second-order valence-corrected chi connectivity index (χ2v) is 5.45. The summed E-state index contributed by atoms with van der Waals surface area (Å²) in [4.78, 5) is 0. The van der Waals surface area contributed by atoms with Crippen LogP contribution >= 0.6 is 0 Å². The van der Waals surface area contributed by atoms with Crippen molar-refractivity contribution in [1.82, 2.24) is 5.16 Å². The highest BCUT2D eigenvalue weighted by molar-refractivity contribution is 5.77. The third-order valence-electron chi connectivity index (χ3n) is 4.04. The first kappa shape index (κ1) is 10.8. The predicted molar refractivity (Wildman–Crippen MR) is 68.5 cm³/mol. The predicted octanol–water partition coefficient (Wildman–Crippen LogP) is 3.91. The molecule has 90 valence electrons. The van der Waals surface area contributed by atoms with Gasteiger partial charge in [-0.3, -0.25) is 0 Å². The monoisotopic (exact) mass is 229 g/mol. The molecular weight excluding hydrogens is 210 g/mol. The van der Waals surface area contributed by atoms with Crippen LogP contribution in [0.25, 0.3) is 5.57 Å².